The first-order valence-corrected chi connectivity index (χ1v) is 11.6. The smallest absolute Gasteiger partial charge is 0.375 e. The summed E-state index contributed by atoms with van der Waals surface area (Å²) in [5.41, 5.74) is -0.786. The Morgan fingerprint density at radius 2 is 1.85 bits per heavy atom. The zero-order valence-electron chi connectivity index (χ0n) is 15.6. The molecule has 3 nitrogen and oxygen atoms in total. The van der Waals surface area contributed by atoms with Gasteiger partial charge in [-0.25, -0.2) is 8.42 Å². The quantitative estimate of drug-likeness (QED) is 0.680. The summed E-state index contributed by atoms with van der Waals surface area (Å²) in [5, 5.41) is 0. The van der Waals surface area contributed by atoms with Crippen LogP contribution in [0.1, 0.15) is 62.5 Å². The first-order chi connectivity index (χ1) is 12.6. The van der Waals surface area contributed by atoms with Gasteiger partial charge in [0.15, 0.2) is 9.84 Å². The lowest BCUT2D eigenvalue weighted by molar-refractivity contribution is -0.139. The zero-order valence-corrected chi connectivity index (χ0v) is 16.5. The molecule has 0 radical (unpaired) electrons. The van der Waals surface area contributed by atoms with E-state index in [-0.39, 0.29) is 5.60 Å². The molecule has 0 amide bonds. The van der Waals surface area contributed by atoms with E-state index in [0.29, 0.717) is 24.3 Å². The summed E-state index contributed by atoms with van der Waals surface area (Å²) >= 11 is 0. The summed E-state index contributed by atoms with van der Waals surface area (Å²) in [6.07, 6.45) is 4.99. The number of sulfone groups is 1. The molecule has 1 atom stereocenters. The molecule has 1 heterocycles. The van der Waals surface area contributed by atoms with Gasteiger partial charge in [0, 0.05) is 12.9 Å². The van der Waals surface area contributed by atoms with Crippen LogP contribution in [0.4, 0.5) is 13.2 Å². The van der Waals surface area contributed by atoms with Gasteiger partial charge >= 0.3 is 6.18 Å². The standard InChI is InChI=1S/C20H27F3O3S/c1-27(24,25)18-9-8-15(14-17(18)20(21,22)23)10-12-19(11-4-5-13-26-19)16-6-2-3-7-16/h8-9,14,16H,2-7,10-13H2,1H3. The molecule has 1 aliphatic carbocycles. The van der Waals surface area contributed by atoms with Crippen molar-refractivity contribution in [2.45, 2.75) is 74.5 Å². The van der Waals surface area contributed by atoms with Gasteiger partial charge in [-0.2, -0.15) is 13.2 Å². The molecule has 0 aromatic heterocycles. The van der Waals surface area contributed by atoms with Crippen LogP contribution in [-0.4, -0.2) is 26.9 Å². The van der Waals surface area contributed by atoms with Crippen LogP contribution in [-0.2, 0) is 27.2 Å². The van der Waals surface area contributed by atoms with Crippen LogP contribution in [0.2, 0.25) is 0 Å². The Labute approximate surface area is 159 Å². The van der Waals surface area contributed by atoms with Gasteiger partial charge in [0.25, 0.3) is 0 Å². The maximum atomic E-state index is 13.4. The Kier molecular flexibility index (Phi) is 5.92. The van der Waals surface area contributed by atoms with E-state index >= 15 is 0 Å². The summed E-state index contributed by atoms with van der Waals surface area (Å²) in [6, 6.07) is 3.61. The van der Waals surface area contributed by atoms with Crippen molar-refractivity contribution < 1.29 is 26.3 Å². The maximum absolute atomic E-state index is 13.4. The van der Waals surface area contributed by atoms with Gasteiger partial charge in [-0.15, -0.1) is 0 Å². The summed E-state index contributed by atoms with van der Waals surface area (Å²) in [4.78, 5) is -0.654. The van der Waals surface area contributed by atoms with Gasteiger partial charge in [-0.3, -0.25) is 0 Å². The van der Waals surface area contributed by atoms with Crippen molar-refractivity contribution in [3.8, 4) is 0 Å². The highest BCUT2D eigenvalue weighted by Gasteiger charge is 2.42. The molecular weight excluding hydrogens is 377 g/mol. The second-order valence-electron chi connectivity index (χ2n) is 7.95. The Bertz CT molecular complexity index is 759. The monoisotopic (exact) mass is 404 g/mol. The maximum Gasteiger partial charge on any atom is 0.417 e. The van der Waals surface area contributed by atoms with Gasteiger partial charge in [-0.05, 0) is 68.6 Å². The Balaban J connectivity index is 1.84. The van der Waals surface area contributed by atoms with Crippen LogP contribution in [0.25, 0.3) is 0 Å². The van der Waals surface area contributed by atoms with Crippen LogP contribution in [0.15, 0.2) is 23.1 Å². The molecular formula is C20H27F3O3S. The fourth-order valence-electron chi connectivity index (χ4n) is 4.68. The third-order valence-corrected chi connectivity index (χ3v) is 7.22. The second-order valence-corrected chi connectivity index (χ2v) is 9.94. The van der Waals surface area contributed by atoms with Crippen molar-refractivity contribution in [1.29, 1.82) is 0 Å². The lowest BCUT2D eigenvalue weighted by atomic mass is 9.76. The topological polar surface area (TPSA) is 43.4 Å². The summed E-state index contributed by atoms with van der Waals surface area (Å²) in [6.45, 7) is 0.720. The molecule has 0 bridgehead atoms. The third-order valence-electron chi connectivity index (χ3n) is 6.07. The second kappa shape index (κ2) is 7.74. The van der Waals surface area contributed by atoms with Crippen LogP contribution >= 0.6 is 0 Å². The minimum absolute atomic E-state index is 0.233. The molecule has 1 aromatic carbocycles. The molecule has 0 N–H and O–H groups in total. The molecule has 1 aromatic rings. The van der Waals surface area contributed by atoms with E-state index < -0.39 is 26.5 Å². The number of benzene rings is 1. The minimum Gasteiger partial charge on any atom is -0.375 e. The van der Waals surface area contributed by atoms with Gasteiger partial charge in [0.1, 0.15) is 0 Å². The van der Waals surface area contributed by atoms with Gasteiger partial charge in [0.05, 0.1) is 16.1 Å². The lowest BCUT2D eigenvalue weighted by Crippen LogP contribution is -2.43. The fraction of sp³-hybridized carbons (Fsp3) is 0.700. The van der Waals surface area contributed by atoms with Gasteiger partial charge in [-0.1, -0.05) is 18.9 Å². The predicted octanol–water partition coefficient (Wildman–Crippen LogP) is 5.17. The summed E-state index contributed by atoms with van der Waals surface area (Å²) < 4.78 is 69.8. The summed E-state index contributed by atoms with van der Waals surface area (Å²) in [5.74, 6) is 0.482. The average Bonchev–Trinajstić information content (AvgIpc) is 3.14. The number of hydrogen-bond donors (Lipinski definition) is 0. The highest BCUT2D eigenvalue weighted by molar-refractivity contribution is 7.90. The zero-order chi connectivity index (χ0) is 19.7. The van der Waals surface area contributed by atoms with Gasteiger partial charge < -0.3 is 4.74 Å². The van der Waals surface area contributed by atoms with Crippen LogP contribution in [0, 0.1) is 5.92 Å². The van der Waals surface area contributed by atoms with Crippen molar-refractivity contribution in [3.63, 3.8) is 0 Å². The molecule has 152 valence electrons. The lowest BCUT2D eigenvalue weighted by Gasteiger charge is -2.42. The molecule has 2 aliphatic rings. The highest BCUT2D eigenvalue weighted by atomic mass is 32.2. The van der Waals surface area contributed by atoms with Crippen LogP contribution in [0.5, 0.6) is 0 Å². The number of hydrogen-bond acceptors (Lipinski definition) is 3. The van der Waals surface area contributed by atoms with E-state index in [9.17, 15) is 21.6 Å². The number of aryl methyl sites for hydroxylation is 1. The van der Waals surface area contributed by atoms with E-state index in [1.165, 1.54) is 18.9 Å². The highest BCUT2D eigenvalue weighted by Crippen LogP contribution is 2.44. The number of ether oxygens (including phenoxy) is 1. The Hall–Kier alpha value is -1.08. The molecule has 1 saturated carbocycles. The van der Waals surface area contributed by atoms with E-state index in [2.05, 4.69) is 0 Å². The van der Waals surface area contributed by atoms with E-state index in [4.69, 9.17) is 4.74 Å². The van der Waals surface area contributed by atoms with E-state index in [1.807, 2.05) is 0 Å². The molecule has 1 saturated heterocycles. The molecule has 27 heavy (non-hydrogen) atoms. The van der Waals surface area contributed by atoms with Crippen molar-refractivity contribution >= 4 is 9.84 Å². The first-order valence-electron chi connectivity index (χ1n) is 9.66. The molecule has 1 unspecified atom stereocenters. The SMILES string of the molecule is CS(=O)(=O)c1ccc(CCC2(C3CCCC3)CCCCO2)cc1C(F)(F)F. The van der Waals surface area contributed by atoms with Crippen molar-refractivity contribution in [1.82, 2.24) is 0 Å². The van der Waals surface area contributed by atoms with Gasteiger partial charge in [0.2, 0.25) is 0 Å². The third kappa shape index (κ3) is 4.67. The van der Waals surface area contributed by atoms with E-state index in [0.717, 1.165) is 57.1 Å². The number of alkyl halides is 3. The number of rotatable bonds is 5. The van der Waals surface area contributed by atoms with Crippen molar-refractivity contribution in [2.24, 2.45) is 5.92 Å². The fourth-order valence-corrected chi connectivity index (χ4v) is 5.57. The van der Waals surface area contributed by atoms with Crippen LogP contribution < -0.4 is 0 Å². The summed E-state index contributed by atoms with van der Waals surface area (Å²) in [7, 11) is -3.94. The van der Waals surface area contributed by atoms with Crippen molar-refractivity contribution in [2.75, 3.05) is 12.9 Å². The predicted molar refractivity (Wildman–Crippen MR) is 97.4 cm³/mol. The molecule has 3 rings (SSSR count). The largest absolute Gasteiger partial charge is 0.417 e. The van der Waals surface area contributed by atoms with E-state index in [1.54, 1.807) is 0 Å². The number of halogens is 3. The Morgan fingerprint density at radius 1 is 1.15 bits per heavy atom. The average molecular weight is 404 g/mol. The molecule has 2 fully saturated rings. The minimum atomic E-state index is -4.70. The normalized spacial score (nSPS) is 25.0. The molecule has 7 heteroatoms. The molecule has 0 spiro atoms. The van der Waals surface area contributed by atoms with Crippen LogP contribution in [0.3, 0.4) is 0 Å². The van der Waals surface area contributed by atoms with Crippen molar-refractivity contribution in [3.05, 3.63) is 29.3 Å². The Morgan fingerprint density at radius 3 is 2.41 bits per heavy atom. The molecule has 1 aliphatic heterocycles. The first kappa shape index (κ1) is 20.6.